The van der Waals surface area contributed by atoms with Crippen molar-refractivity contribution < 1.29 is 17.6 Å². The van der Waals surface area contributed by atoms with Gasteiger partial charge in [-0.15, -0.1) is 0 Å². The molecule has 1 heterocycles. The summed E-state index contributed by atoms with van der Waals surface area (Å²) >= 11 is 0. The fraction of sp³-hybridized carbons (Fsp3) is 0.500. The van der Waals surface area contributed by atoms with Gasteiger partial charge in [0.1, 0.15) is 5.76 Å². The number of furan rings is 1. The molecule has 7 nitrogen and oxygen atoms in total. The SMILES string of the molecule is CCNC(=O)CNCc1ccc(S(=O)(=O)NC)o1. The van der Waals surface area contributed by atoms with Gasteiger partial charge in [0.05, 0.1) is 13.1 Å². The molecule has 102 valence electrons. The van der Waals surface area contributed by atoms with E-state index in [1.54, 1.807) is 6.07 Å². The number of hydrogen-bond donors (Lipinski definition) is 3. The molecule has 0 aromatic carbocycles. The highest BCUT2D eigenvalue weighted by molar-refractivity contribution is 7.89. The Kier molecular flexibility index (Phi) is 5.32. The monoisotopic (exact) mass is 275 g/mol. The average Bonchev–Trinajstić information content (AvgIpc) is 2.79. The summed E-state index contributed by atoms with van der Waals surface area (Å²) in [5.41, 5.74) is 0. The van der Waals surface area contributed by atoms with E-state index >= 15 is 0 Å². The smallest absolute Gasteiger partial charge is 0.273 e. The zero-order chi connectivity index (χ0) is 13.6. The second-order valence-electron chi connectivity index (χ2n) is 3.49. The van der Waals surface area contributed by atoms with Crippen LogP contribution in [0.15, 0.2) is 21.6 Å². The lowest BCUT2D eigenvalue weighted by molar-refractivity contribution is -0.120. The van der Waals surface area contributed by atoms with Crippen molar-refractivity contribution in [1.82, 2.24) is 15.4 Å². The summed E-state index contributed by atoms with van der Waals surface area (Å²) in [5.74, 6) is 0.334. The van der Waals surface area contributed by atoms with E-state index in [4.69, 9.17) is 4.42 Å². The highest BCUT2D eigenvalue weighted by Crippen LogP contribution is 2.12. The van der Waals surface area contributed by atoms with Gasteiger partial charge >= 0.3 is 0 Å². The van der Waals surface area contributed by atoms with E-state index in [-0.39, 0.29) is 24.1 Å². The molecule has 1 aromatic rings. The van der Waals surface area contributed by atoms with Crippen molar-refractivity contribution >= 4 is 15.9 Å². The number of carbonyl (C=O) groups excluding carboxylic acids is 1. The first-order valence-electron chi connectivity index (χ1n) is 5.49. The molecule has 3 N–H and O–H groups in total. The molecule has 0 unspecified atom stereocenters. The van der Waals surface area contributed by atoms with Crippen molar-refractivity contribution in [2.75, 3.05) is 20.1 Å². The summed E-state index contributed by atoms with van der Waals surface area (Å²) in [6, 6.07) is 2.92. The molecule has 1 aromatic heterocycles. The van der Waals surface area contributed by atoms with Gasteiger partial charge in [0.15, 0.2) is 0 Å². The maximum absolute atomic E-state index is 11.4. The third kappa shape index (κ3) is 4.13. The number of amides is 1. The molecular formula is C10H17N3O4S. The Hall–Kier alpha value is -1.38. The predicted molar refractivity (Wildman–Crippen MR) is 65.3 cm³/mol. The van der Waals surface area contributed by atoms with Crippen molar-refractivity contribution in [3.63, 3.8) is 0 Å². The Balaban J connectivity index is 2.48. The Morgan fingerprint density at radius 3 is 2.72 bits per heavy atom. The van der Waals surface area contributed by atoms with Crippen LogP contribution in [0.4, 0.5) is 0 Å². The molecule has 1 amide bonds. The highest BCUT2D eigenvalue weighted by Gasteiger charge is 2.16. The number of hydrogen-bond acceptors (Lipinski definition) is 5. The topological polar surface area (TPSA) is 100 Å². The quantitative estimate of drug-likeness (QED) is 0.618. The van der Waals surface area contributed by atoms with Gasteiger partial charge in [0, 0.05) is 6.54 Å². The Morgan fingerprint density at radius 2 is 2.11 bits per heavy atom. The van der Waals surface area contributed by atoms with Crippen LogP contribution in [0, 0.1) is 0 Å². The third-order valence-corrected chi connectivity index (χ3v) is 3.42. The number of carbonyl (C=O) groups is 1. The molecule has 0 aliphatic heterocycles. The Morgan fingerprint density at radius 1 is 1.39 bits per heavy atom. The average molecular weight is 275 g/mol. The van der Waals surface area contributed by atoms with E-state index in [0.29, 0.717) is 12.3 Å². The van der Waals surface area contributed by atoms with E-state index < -0.39 is 10.0 Å². The lowest BCUT2D eigenvalue weighted by Crippen LogP contribution is -2.33. The largest absolute Gasteiger partial charge is 0.447 e. The number of nitrogens with one attached hydrogen (secondary N) is 3. The molecule has 18 heavy (non-hydrogen) atoms. The van der Waals surface area contributed by atoms with E-state index in [9.17, 15) is 13.2 Å². The fourth-order valence-electron chi connectivity index (χ4n) is 1.26. The summed E-state index contributed by atoms with van der Waals surface area (Å²) in [4.78, 5) is 11.1. The third-order valence-electron chi connectivity index (χ3n) is 2.13. The van der Waals surface area contributed by atoms with E-state index in [0.717, 1.165) is 0 Å². The van der Waals surface area contributed by atoms with E-state index in [1.165, 1.54) is 13.1 Å². The van der Waals surface area contributed by atoms with Crippen LogP contribution in [-0.2, 0) is 21.4 Å². The van der Waals surface area contributed by atoms with Gasteiger partial charge in [-0.3, -0.25) is 4.79 Å². The molecule has 0 radical (unpaired) electrons. The maximum Gasteiger partial charge on any atom is 0.273 e. The summed E-state index contributed by atoms with van der Waals surface area (Å²) < 4.78 is 30.1. The van der Waals surface area contributed by atoms with Gasteiger partial charge in [-0.25, -0.2) is 13.1 Å². The lowest BCUT2D eigenvalue weighted by Gasteiger charge is -2.03. The second-order valence-corrected chi connectivity index (χ2v) is 5.30. The molecule has 0 aliphatic rings. The van der Waals surface area contributed by atoms with Crippen LogP contribution in [0.25, 0.3) is 0 Å². The van der Waals surface area contributed by atoms with Gasteiger partial charge in [0.25, 0.3) is 10.0 Å². The zero-order valence-electron chi connectivity index (χ0n) is 10.3. The molecule has 0 atom stereocenters. The van der Waals surface area contributed by atoms with E-state index in [2.05, 4.69) is 15.4 Å². The van der Waals surface area contributed by atoms with Crippen LogP contribution in [0.1, 0.15) is 12.7 Å². The van der Waals surface area contributed by atoms with Gasteiger partial charge in [-0.05, 0) is 26.1 Å². The molecular weight excluding hydrogens is 258 g/mol. The van der Waals surface area contributed by atoms with Gasteiger partial charge < -0.3 is 15.1 Å². The number of rotatable bonds is 7. The second kappa shape index (κ2) is 6.53. The van der Waals surface area contributed by atoms with Gasteiger partial charge in [-0.1, -0.05) is 0 Å². The zero-order valence-corrected chi connectivity index (χ0v) is 11.1. The first-order valence-corrected chi connectivity index (χ1v) is 6.97. The minimum Gasteiger partial charge on any atom is -0.447 e. The summed E-state index contributed by atoms with van der Waals surface area (Å²) in [5, 5.41) is 5.34. The van der Waals surface area contributed by atoms with Crippen LogP contribution < -0.4 is 15.4 Å². The minimum absolute atomic E-state index is 0.118. The predicted octanol–water partition coefficient (Wildman–Crippen LogP) is -0.587. The normalized spacial score (nSPS) is 11.4. The van der Waals surface area contributed by atoms with Gasteiger partial charge in [-0.2, -0.15) is 0 Å². The first-order chi connectivity index (χ1) is 8.49. The highest BCUT2D eigenvalue weighted by atomic mass is 32.2. The lowest BCUT2D eigenvalue weighted by atomic mass is 10.4. The van der Waals surface area contributed by atoms with Gasteiger partial charge in [0.2, 0.25) is 11.0 Å². The summed E-state index contributed by atoms with van der Waals surface area (Å²) in [6.45, 7) is 2.85. The molecule has 0 fully saturated rings. The van der Waals surface area contributed by atoms with Crippen molar-refractivity contribution in [2.24, 2.45) is 0 Å². The minimum atomic E-state index is -3.55. The molecule has 0 saturated heterocycles. The van der Waals surface area contributed by atoms with Crippen molar-refractivity contribution in [3.05, 3.63) is 17.9 Å². The van der Waals surface area contributed by atoms with Crippen LogP contribution in [-0.4, -0.2) is 34.5 Å². The standard InChI is InChI=1S/C10H17N3O4S/c1-3-13-9(14)7-12-6-8-4-5-10(17-8)18(15,16)11-2/h4-5,11-12H,3,6-7H2,1-2H3,(H,13,14). The van der Waals surface area contributed by atoms with Crippen molar-refractivity contribution in [3.8, 4) is 0 Å². The van der Waals surface area contributed by atoms with Crippen LogP contribution in [0.3, 0.4) is 0 Å². The first kappa shape index (κ1) is 14.7. The molecule has 8 heteroatoms. The maximum atomic E-state index is 11.4. The molecule has 0 spiro atoms. The number of sulfonamides is 1. The van der Waals surface area contributed by atoms with Crippen molar-refractivity contribution in [2.45, 2.75) is 18.6 Å². The molecule has 0 bridgehead atoms. The van der Waals surface area contributed by atoms with E-state index in [1.807, 2.05) is 6.92 Å². The number of likely N-dealkylation sites (N-methyl/N-ethyl adjacent to an activating group) is 1. The molecule has 0 aliphatic carbocycles. The van der Waals surface area contributed by atoms with Crippen molar-refractivity contribution in [1.29, 1.82) is 0 Å². The molecule has 0 saturated carbocycles. The summed E-state index contributed by atoms with van der Waals surface area (Å²) in [7, 11) is -2.24. The van der Waals surface area contributed by atoms with Crippen LogP contribution in [0.5, 0.6) is 0 Å². The summed E-state index contributed by atoms with van der Waals surface area (Å²) in [6.07, 6.45) is 0. The van der Waals surface area contributed by atoms with Crippen LogP contribution in [0.2, 0.25) is 0 Å². The fourth-order valence-corrected chi connectivity index (χ4v) is 1.92. The van der Waals surface area contributed by atoms with Crippen LogP contribution >= 0.6 is 0 Å². The molecule has 1 rings (SSSR count). The Labute approximate surface area is 106 Å². The Bertz CT molecular complexity index is 495.